The summed E-state index contributed by atoms with van der Waals surface area (Å²) in [5.74, 6) is -0.153. The number of nitrogens with two attached hydrogens (primary N) is 1. The van der Waals surface area contributed by atoms with Crippen molar-refractivity contribution in [3.8, 4) is 0 Å². The topological polar surface area (TPSA) is 66.6 Å². The molecule has 1 rings (SSSR count). The number of hydrogen-bond donors (Lipinski definition) is 2. The van der Waals surface area contributed by atoms with Gasteiger partial charge in [-0.15, -0.1) is 0 Å². The van der Waals surface area contributed by atoms with Crippen molar-refractivity contribution < 1.29 is 9.90 Å². The van der Waals surface area contributed by atoms with Gasteiger partial charge in [0.1, 0.15) is 5.54 Å². The fourth-order valence-corrected chi connectivity index (χ4v) is 1.83. The molecular weight excluding hydrogens is 192 g/mol. The van der Waals surface area contributed by atoms with Crippen molar-refractivity contribution >= 4 is 5.97 Å². The summed E-state index contributed by atoms with van der Waals surface area (Å²) < 4.78 is 0. The second kappa shape index (κ2) is 4.94. The van der Waals surface area contributed by atoms with Crippen molar-refractivity contribution in [1.29, 1.82) is 0 Å². The summed E-state index contributed by atoms with van der Waals surface area (Å²) in [6.07, 6.45) is 2.31. The summed E-state index contributed by atoms with van der Waals surface area (Å²) in [4.78, 5) is 13.2. The van der Waals surface area contributed by atoms with Gasteiger partial charge in [-0.2, -0.15) is 0 Å². The molecule has 1 saturated heterocycles. The van der Waals surface area contributed by atoms with Crippen molar-refractivity contribution in [2.45, 2.75) is 38.6 Å². The van der Waals surface area contributed by atoms with E-state index in [1.165, 1.54) is 6.42 Å². The molecule has 1 aliphatic rings. The second-order valence-electron chi connectivity index (χ2n) is 4.99. The Morgan fingerprint density at radius 2 is 2.00 bits per heavy atom. The molecule has 0 amide bonds. The van der Waals surface area contributed by atoms with Gasteiger partial charge in [0.05, 0.1) is 0 Å². The fraction of sp³-hybridized carbons (Fsp3) is 0.909. The minimum Gasteiger partial charge on any atom is -0.480 e. The van der Waals surface area contributed by atoms with Gasteiger partial charge in [0, 0.05) is 13.1 Å². The normalized spacial score (nSPS) is 21.9. The van der Waals surface area contributed by atoms with E-state index >= 15 is 0 Å². The van der Waals surface area contributed by atoms with Gasteiger partial charge in [-0.3, -0.25) is 4.79 Å². The number of rotatable bonds is 4. The predicted molar refractivity (Wildman–Crippen MR) is 59.7 cm³/mol. The van der Waals surface area contributed by atoms with Crippen LogP contribution >= 0.6 is 0 Å². The van der Waals surface area contributed by atoms with Crippen molar-refractivity contribution in [1.82, 2.24) is 4.90 Å². The summed E-state index contributed by atoms with van der Waals surface area (Å²) in [5.41, 5.74) is 4.82. The first-order chi connectivity index (χ1) is 6.94. The molecule has 0 unspecified atom stereocenters. The van der Waals surface area contributed by atoms with Crippen LogP contribution in [0.3, 0.4) is 0 Å². The van der Waals surface area contributed by atoms with Crippen molar-refractivity contribution in [2.75, 3.05) is 19.6 Å². The minimum atomic E-state index is -0.978. The highest BCUT2D eigenvalue weighted by atomic mass is 16.4. The van der Waals surface area contributed by atoms with E-state index in [-0.39, 0.29) is 0 Å². The Labute approximate surface area is 91.4 Å². The first-order valence-corrected chi connectivity index (χ1v) is 5.69. The average Bonchev–Trinajstić information content (AvgIpc) is 2.16. The summed E-state index contributed by atoms with van der Waals surface area (Å²) >= 11 is 0. The molecule has 0 atom stereocenters. The Bertz CT molecular complexity index is 221. The maximum atomic E-state index is 10.9. The molecule has 0 spiro atoms. The Morgan fingerprint density at radius 3 is 2.40 bits per heavy atom. The van der Waals surface area contributed by atoms with E-state index in [1.54, 1.807) is 0 Å². The van der Waals surface area contributed by atoms with Crippen LogP contribution in [0, 0.1) is 5.92 Å². The van der Waals surface area contributed by atoms with Gasteiger partial charge >= 0.3 is 5.97 Å². The Morgan fingerprint density at radius 1 is 1.47 bits per heavy atom. The van der Waals surface area contributed by atoms with E-state index in [0.717, 1.165) is 19.6 Å². The number of piperidine rings is 1. The minimum absolute atomic E-state index is 0.570. The van der Waals surface area contributed by atoms with Crippen molar-refractivity contribution in [2.24, 2.45) is 11.7 Å². The summed E-state index contributed by atoms with van der Waals surface area (Å²) in [5, 5.41) is 8.96. The number of carboxylic acids is 1. The molecule has 3 N–H and O–H groups in total. The lowest BCUT2D eigenvalue weighted by Crippen LogP contribution is -2.55. The van der Waals surface area contributed by atoms with E-state index in [4.69, 9.17) is 10.8 Å². The lowest BCUT2D eigenvalue weighted by molar-refractivity contribution is -0.145. The quantitative estimate of drug-likeness (QED) is 0.730. The zero-order valence-electron chi connectivity index (χ0n) is 9.70. The molecule has 15 heavy (non-hydrogen) atoms. The average molecular weight is 214 g/mol. The number of aliphatic carboxylic acids is 1. The van der Waals surface area contributed by atoms with Gasteiger partial charge in [-0.05, 0) is 31.7 Å². The second-order valence-corrected chi connectivity index (χ2v) is 4.99. The van der Waals surface area contributed by atoms with Gasteiger partial charge in [0.2, 0.25) is 0 Å². The third-order valence-corrected chi connectivity index (χ3v) is 3.20. The summed E-state index contributed by atoms with van der Waals surface area (Å²) in [6, 6.07) is 0. The zero-order valence-corrected chi connectivity index (χ0v) is 9.70. The molecule has 88 valence electrons. The van der Waals surface area contributed by atoms with E-state index in [2.05, 4.69) is 18.7 Å². The van der Waals surface area contributed by atoms with Crippen molar-refractivity contribution in [3.05, 3.63) is 0 Å². The summed E-state index contributed by atoms with van der Waals surface area (Å²) in [7, 11) is 0. The number of carbonyl (C=O) groups is 1. The van der Waals surface area contributed by atoms with Crippen LogP contribution in [-0.2, 0) is 4.79 Å². The maximum absolute atomic E-state index is 10.9. The van der Waals surface area contributed by atoms with Gasteiger partial charge in [0.25, 0.3) is 0 Å². The van der Waals surface area contributed by atoms with Gasteiger partial charge < -0.3 is 15.7 Å². The largest absolute Gasteiger partial charge is 0.480 e. The van der Waals surface area contributed by atoms with Gasteiger partial charge in [-0.1, -0.05) is 13.8 Å². The number of likely N-dealkylation sites (tertiary alicyclic amines) is 1. The molecule has 1 aliphatic heterocycles. The van der Waals surface area contributed by atoms with E-state index in [9.17, 15) is 4.79 Å². The molecule has 4 heteroatoms. The van der Waals surface area contributed by atoms with E-state index in [0.29, 0.717) is 18.8 Å². The maximum Gasteiger partial charge on any atom is 0.323 e. The number of hydrogen-bond acceptors (Lipinski definition) is 3. The molecule has 0 aromatic heterocycles. The van der Waals surface area contributed by atoms with Crippen LogP contribution in [0.15, 0.2) is 0 Å². The number of carboxylic acid groups (broad SMARTS) is 1. The molecule has 1 heterocycles. The first kappa shape index (κ1) is 12.5. The zero-order chi connectivity index (χ0) is 11.5. The highest BCUT2D eigenvalue weighted by Crippen LogP contribution is 2.20. The van der Waals surface area contributed by atoms with Crippen LogP contribution in [0.5, 0.6) is 0 Å². The van der Waals surface area contributed by atoms with Crippen LogP contribution < -0.4 is 5.73 Å². The third kappa shape index (κ3) is 3.47. The SMILES string of the molecule is CC(C)CCN1CCC(N)(C(=O)O)CC1. The lowest BCUT2D eigenvalue weighted by Gasteiger charge is -2.36. The van der Waals surface area contributed by atoms with Crippen molar-refractivity contribution in [3.63, 3.8) is 0 Å². The van der Waals surface area contributed by atoms with E-state index in [1.807, 2.05) is 0 Å². The third-order valence-electron chi connectivity index (χ3n) is 3.20. The highest BCUT2D eigenvalue weighted by molar-refractivity contribution is 5.78. The van der Waals surface area contributed by atoms with Crippen LogP contribution in [0.1, 0.15) is 33.1 Å². The predicted octanol–water partition coefficient (Wildman–Crippen LogP) is 0.910. The summed E-state index contributed by atoms with van der Waals surface area (Å²) in [6.45, 7) is 7.10. The van der Waals surface area contributed by atoms with Crippen LogP contribution in [0.4, 0.5) is 0 Å². The Kier molecular flexibility index (Phi) is 4.11. The molecule has 0 aliphatic carbocycles. The lowest BCUT2D eigenvalue weighted by atomic mass is 9.88. The molecule has 1 fully saturated rings. The molecule has 0 aromatic rings. The first-order valence-electron chi connectivity index (χ1n) is 5.69. The molecule has 0 bridgehead atoms. The van der Waals surface area contributed by atoms with Crippen LogP contribution in [-0.4, -0.2) is 41.1 Å². The molecule has 0 saturated carbocycles. The fourth-order valence-electron chi connectivity index (χ4n) is 1.83. The van der Waals surface area contributed by atoms with Gasteiger partial charge in [-0.25, -0.2) is 0 Å². The Balaban J connectivity index is 2.32. The van der Waals surface area contributed by atoms with Crippen LogP contribution in [0.25, 0.3) is 0 Å². The molecular formula is C11H22N2O2. The highest BCUT2D eigenvalue weighted by Gasteiger charge is 2.37. The molecule has 0 aromatic carbocycles. The molecule has 4 nitrogen and oxygen atoms in total. The van der Waals surface area contributed by atoms with E-state index < -0.39 is 11.5 Å². The standard InChI is InChI=1S/C11H22N2O2/c1-9(2)3-6-13-7-4-11(12,5-8-13)10(14)15/h9H,3-8,12H2,1-2H3,(H,14,15). The smallest absolute Gasteiger partial charge is 0.323 e. The van der Waals surface area contributed by atoms with Gasteiger partial charge in [0.15, 0.2) is 0 Å². The number of nitrogens with zero attached hydrogens (tertiary/aromatic N) is 1. The Hall–Kier alpha value is -0.610. The molecule has 0 radical (unpaired) electrons. The van der Waals surface area contributed by atoms with Crippen LogP contribution in [0.2, 0.25) is 0 Å². The monoisotopic (exact) mass is 214 g/mol.